The summed E-state index contributed by atoms with van der Waals surface area (Å²) in [6.07, 6.45) is 3.54. The van der Waals surface area contributed by atoms with E-state index in [2.05, 4.69) is 44.0 Å². The van der Waals surface area contributed by atoms with Gasteiger partial charge in [0, 0.05) is 53.4 Å². The summed E-state index contributed by atoms with van der Waals surface area (Å²) in [6, 6.07) is 8.10. The van der Waals surface area contributed by atoms with Crippen molar-refractivity contribution in [1.82, 2.24) is 25.0 Å². The average molecular weight is 516 g/mol. The van der Waals surface area contributed by atoms with Crippen molar-refractivity contribution in [2.75, 3.05) is 41.0 Å². The first-order valence-electron chi connectivity index (χ1n) is 9.66. The van der Waals surface area contributed by atoms with Gasteiger partial charge in [-0.1, -0.05) is 19.1 Å². The molecule has 0 saturated heterocycles. The second-order valence-electron chi connectivity index (χ2n) is 6.48. The Kier molecular flexibility index (Phi) is 12.3. The lowest BCUT2D eigenvalue weighted by Gasteiger charge is -2.23. The molecule has 8 nitrogen and oxygen atoms in total. The molecule has 1 heterocycles. The second kappa shape index (κ2) is 14.2. The van der Waals surface area contributed by atoms with E-state index in [1.54, 1.807) is 20.5 Å². The first-order chi connectivity index (χ1) is 13.7. The van der Waals surface area contributed by atoms with Crippen molar-refractivity contribution >= 4 is 29.9 Å². The summed E-state index contributed by atoms with van der Waals surface area (Å²) in [7, 11) is 5.43. The molecule has 0 fully saturated rings. The molecule has 0 aliphatic carbocycles. The van der Waals surface area contributed by atoms with E-state index in [-0.39, 0.29) is 24.0 Å². The molecule has 1 aromatic heterocycles. The van der Waals surface area contributed by atoms with E-state index >= 15 is 0 Å². The van der Waals surface area contributed by atoms with Crippen LogP contribution in [0, 0.1) is 0 Å². The number of benzene rings is 1. The molecule has 2 aromatic rings. The Bertz CT molecular complexity index is 720. The summed E-state index contributed by atoms with van der Waals surface area (Å²) in [5.41, 5.74) is 1.20. The number of guanidine groups is 1. The highest BCUT2D eigenvalue weighted by Gasteiger charge is 2.08. The summed E-state index contributed by atoms with van der Waals surface area (Å²) >= 11 is 0. The molecule has 1 N–H and O–H groups in total. The molecule has 0 aliphatic heterocycles. The van der Waals surface area contributed by atoms with Crippen molar-refractivity contribution in [3.63, 3.8) is 0 Å². The van der Waals surface area contributed by atoms with Gasteiger partial charge >= 0.3 is 0 Å². The fourth-order valence-corrected chi connectivity index (χ4v) is 2.81. The zero-order valence-electron chi connectivity index (χ0n) is 17.8. The van der Waals surface area contributed by atoms with Gasteiger partial charge in [0.2, 0.25) is 0 Å². The molecule has 162 valence electrons. The van der Waals surface area contributed by atoms with Gasteiger partial charge in [-0.3, -0.25) is 4.99 Å². The van der Waals surface area contributed by atoms with Crippen molar-refractivity contribution < 1.29 is 9.47 Å². The number of nitrogens with zero attached hydrogens (tertiary/aromatic N) is 5. The maximum atomic E-state index is 5.23. The summed E-state index contributed by atoms with van der Waals surface area (Å²) in [5, 5.41) is 11.6. The zero-order chi connectivity index (χ0) is 20.2. The summed E-state index contributed by atoms with van der Waals surface area (Å²) in [5.74, 6) is 2.73. The number of aromatic nitrogens is 3. The van der Waals surface area contributed by atoms with Gasteiger partial charge < -0.3 is 24.3 Å². The maximum Gasteiger partial charge on any atom is 0.194 e. The number of methoxy groups -OCH3 is 2. The van der Waals surface area contributed by atoms with Crippen molar-refractivity contribution in [2.24, 2.45) is 4.99 Å². The van der Waals surface area contributed by atoms with E-state index < -0.39 is 0 Å². The van der Waals surface area contributed by atoms with Crippen LogP contribution in [0.1, 0.15) is 24.7 Å². The molecular weight excluding hydrogens is 483 g/mol. The van der Waals surface area contributed by atoms with Gasteiger partial charge in [0.25, 0.3) is 0 Å². The van der Waals surface area contributed by atoms with Crippen LogP contribution < -0.4 is 10.1 Å². The third-order valence-electron chi connectivity index (χ3n) is 4.36. The number of rotatable bonds is 11. The Hall–Kier alpha value is -1.88. The lowest BCUT2D eigenvalue weighted by molar-refractivity contribution is 0.197. The third-order valence-corrected chi connectivity index (χ3v) is 4.36. The molecule has 1 aromatic carbocycles. The van der Waals surface area contributed by atoms with Gasteiger partial charge in [-0.25, -0.2) is 0 Å². The second-order valence-corrected chi connectivity index (χ2v) is 6.48. The predicted molar refractivity (Wildman–Crippen MR) is 126 cm³/mol. The summed E-state index contributed by atoms with van der Waals surface area (Å²) in [6.45, 7) is 5.81. The molecule has 0 aliphatic rings. The number of aliphatic imine (C=N–C) groups is 1. The SMILES string of the molecule is CCc1nncn1CCNC(=NCCCOC)N(C)Cc1ccc(OC)cc1.I. The van der Waals surface area contributed by atoms with Gasteiger partial charge in [0.15, 0.2) is 5.96 Å². The minimum absolute atomic E-state index is 0. The quantitative estimate of drug-likeness (QED) is 0.214. The minimum atomic E-state index is 0. The predicted octanol–water partition coefficient (Wildman–Crippen LogP) is 2.58. The van der Waals surface area contributed by atoms with Crippen LogP contribution in [-0.2, 0) is 24.2 Å². The highest BCUT2D eigenvalue weighted by Crippen LogP contribution is 2.12. The topological polar surface area (TPSA) is 76.8 Å². The molecule has 0 bridgehead atoms. The van der Waals surface area contributed by atoms with Crippen LogP contribution in [0.3, 0.4) is 0 Å². The van der Waals surface area contributed by atoms with Gasteiger partial charge in [-0.05, 0) is 24.1 Å². The normalized spacial score (nSPS) is 11.1. The fourth-order valence-electron chi connectivity index (χ4n) is 2.81. The number of aryl methyl sites for hydroxylation is 1. The van der Waals surface area contributed by atoms with Gasteiger partial charge in [-0.15, -0.1) is 34.2 Å². The summed E-state index contributed by atoms with van der Waals surface area (Å²) < 4.78 is 12.4. The third kappa shape index (κ3) is 8.57. The first-order valence-corrected chi connectivity index (χ1v) is 9.66. The summed E-state index contributed by atoms with van der Waals surface area (Å²) in [4.78, 5) is 6.87. The van der Waals surface area contributed by atoms with E-state index in [0.717, 1.165) is 56.6 Å². The lowest BCUT2D eigenvalue weighted by Crippen LogP contribution is -2.40. The van der Waals surface area contributed by atoms with Crippen molar-refractivity contribution in [2.45, 2.75) is 32.9 Å². The molecule has 2 rings (SSSR count). The van der Waals surface area contributed by atoms with Crippen molar-refractivity contribution in [3.05, 3.63) is 42.0 Å². The zero-order valence-corrected chi connectivity index (χ0v) is 20.1. The van der Waals surface area contributed by atoms with Crippen LogP contribution >= 0.6 is 24.0 Å². The Morgan fingerprint density at radius 1 is 1.24 bits per heavy atom. The molecular formula is C20H33IN6O2. The number of nitrogens with one attached hydrogen (secondary N) is 1. The van der Waals surface area contributed by atoms with Crippen molar-refractivity contribution in [1.29, 1.82) is 0 Å². The Balaban J connectivity index is 0.00000420. The first kappa shape index (κ1) is 25.2. The number of hydrogen-bond donors (Lipinski definition) is 1. The van der Waals surface area contributed by atoms with Crippen LogP contribution in [0.25, 0.3) is 0 Å². The van der Waals surface area contributed by atoms with E-state index in [1.165, 1.54) is 5.56 Å². The Morgan fingerprint density at radius 2 is 2.00 bits per heavy atom. The molecule has 0 radical (unpaired) electrons. The van der Waals surface area contributed by atoms with Crippen LogP contribution in [0.4, 0.5) is 0 Å². The fraction of sp³-hybridized carbons (Fsp3) is 0.550. The van der Waals surface area contributed by atoms with Crippen LogP contribution in [0.5, 0.6) is 5.75 Å². The highest BCUT2D eigenvalue weighted by atomic mass is 127. The number of halogens is 1. The maximum absolute atomic E-state index is 5.23. The standard InChI is InChI=1S/C20H32N6O2.HI/c1-5-19-24-23-16-26(19)13-12-22-20(21-11-6-14-27-3)25(2)15-17-7-9-18(28-4)10-8-17;/h7-10,16H,5-6,11-15H2,1-4H3,(H,21,22);1H. The van der Waals surface area contributed by atoms with Gasteiger partial charge in [0.05, 0.1) is 7.11 Å². The largest absolute Gasteiger partial charge is 0.497 e. The van der Waals surface area contributed by atoms with Crippen LogP contribution in [0.15, 0.2) is 35.6 Å². The van der Waals surface area contributed by atoms with E-state index in [1.807, 2.05) is 19.2 Å². The number of ether oxygens (including phenoxy) is 2. The molecule has 0 spiro atoms. The molecule has 29 heavy (non-hydrogen) atoms. The molecule has 0 saturated carbocycles. The lowest BCUT2D eigenvalue weighted by atomic mass is 10.2. The van der Waals surface area contributed by atoms with Crippen LogP contribution in [0.2, 0.25) is 0 Å². The minimum Gasteiger partial charge on any atom is -0.497 e. The molecule has 9 heteroatoms. The van der Waals surface area contributed by atoms with Gasteiger partial charge in [-0.2, -0.15) is 0 Å². The smallest absolute Gasteiger partial charge is 0.194 e. The molecule has 0 unspecified atom stereocenters. The van der Waals surface area contributed by atoms with E-state index in [4.69, 9.17) is 14.5 Å². The number of hydrogen-bond acceptors (Lipinski definition) is 5. The van der Waals surface area contributed by atoms with Crippen LogP contribution in [-0.4, -0.2) is 66.6 Å². The van der Waals surface area contributed by atoms with Crippen molar-refractivity contribution in [3.8, 4) is 5.75 Å². The Labute approximate surface area is 190 Å². The van der Waals surface area contributed by atoms with E-state index in [9.17, 15) is 0 Å². The van der Waals surface area contributed by atoms with E-state index in [0.29, 0.717) is 6.61 Å². The molecule has 0 amide bonds. The monoisotopic (exact) mass is 516 g/mol. The van der Waals surface area contributed by atoms with Gasteiger partial charge in [0.1, 0.15) is 17.9 Å². The Morgan fingerprint density at radius 3 is 2.66 bits per heavy atom. The molecule has 0 atom stereocenters. The highest BCUT2D eigenvalue weighted by molar-refractivity contribution is 14.0. The average Bonchev–Trinajstić information content (AvgIpc) is 3.17.